The summed E-state index contributed by atoms with van der Waals surface area (Å²) in [5, 5.41) is 7.88. The summed E-state index contributed by atoms with van der Waals surface area (Å²) in [4.78, 5) is 24.3. The number of hydrogen-bond acceptors (Lipinski definition) is 2. The normalized spacial score (nSPS) is 20.5. The maximum absolute atomic E-state index is 12.3. The minimum atomic E-state index is -0.215. The molecule has 2 atom stereocenters. The van der Waals surface area contributed by atoms with E-state index in [0.29, 0.717) is 11.5 Å². The number of hydrogen-bond donors (Lipinski definition) is 2. The second-order valence-corrected chi connectivity index (χ2v) is 6.68. The lowest BCUT2D eigenvalue weighted by molar-refractivity contribution is -0.121. The summed E-state index contributed by atoms with van der Waals surface area (Å²) in [6, 6.07) is 13.7. The van der Waals surface area contributed by atoms with Crippen molar-refractivity contribution in [1.82, 2.24) is 10.6 Å². The summed E-state index contributed by atoms with van der Waals surface area (Å²) in [7, 11) is 0. The molecule has 2 amide bonds. The number of nitrogens with one attached hydrogen (secondary N) is 2. The van der Waals surface area contributed by atoms with Crippen molar-refractivity contribution in [3.8, 4) is 0 Å². The molecule has 24 heavy (non-hydrogen) atoms. The van der Waals surface area contributed by atoms with Gasteiger partial charge in [0.05, 0.1) is 6.54 Å². The van der Waals surface area contributed by atoms with Crippen molar-refractivity contribution >= 4 is 22.6 Å². The first-order chi connectivity index (χ1) is 11.6. The molecule has 2 aromatic carbocycles. The predicted octanol–water partition coefficient (Wildman–Crippen LogP) is 3.26. The van der Waals surface area contributed by atoms with Crippen LogP contribution in [-0.4, -0.2) is 24.4 Å². The molecule has 0 aliphatic heterocycles. The number of fused-ring (bicyclic) bond motifs is 1. The Balaban J connectivity index is 1.55. The second kappa shape index (κ2) is 7.47. The zero-order valence-electron chi connectivity index (χ0n) is 14.0. The third-order valence-electron chi connectivity index (χ3n) is 4.88. The van der Waals surface area contributed by atoms with Gasteiger partial charge in [0, 0.05) is 11.6 Å². The molecule has 0 unspecified atom stereocenters. The number of carbonyl (C=O) groups excluding carboxylic acids is 2. The van der Waals surface area contributed by atoms with Crippen LogP contribution in [0.3, 0.4) is 0 Å². The summed E-state index contributed by atoms with van der Waals surface area (Å²) in [5.74, 6) is 0.189. The second-order valence-electron chi connectivity index (χ2n) is 6.68. The van der Waals surface area contributed by atoms with Gasteiger partial charge in [-0.05, 0) is 41.7 Å². The van der Waals surface area contributed by atoms with Crippen LogP contribution in [0, 0.1) is 5.92 Å². The van der Waals surface area contributed by atoms with E-state index in [1.54, 1.807) is 6.07 Å². The van der Waals surface area contributed by atoms with Crippen molar-refractivity contribution < 1.29 is 9.59 Å². The lowest BCUT2D eigenvalue weighted by atomic mass is 9.86. The summed E-state index contributed by atoms with van der Waals surface area (Å²) >= 11 is 0. The molecule has 2 N–H and O–H groups in total. The van der Waals surface area contributed by atoms with E-state index in [9.17, 15) is 9.59 Å². The van der Waals surface area contributed by atoms with Gasteiger partial charge in [-0.3, -0.25) is 9.59 Å². The third-order valence-corrected chi connectivity index (χ3v) is 4.88. The molecule has 0 radical (unpaired) electrons. The fourth-order valence-electron chi connectivity index (χ4n) is 3.38. The summed E-state index contributed by atoms with van der Waals surface area (Å²) < 4.78 is 0. The fraction of sp³-hybridized carbons (Fsp3) is 0.400. The van der Waals surface area contributed by atoms with Gasteiger partial charge in [-0.15, -0.1) is 0 Å². The molecule has 4 heteroatoms. The number of carbonyl (C=O) groups is 2. The van der Waals surface area contributed by atoms with Crippen LogP contribution in [-0.2, 0) is 4.79 Å². The maximum Gasteiger partial charge on any atom is 0.251 e. The monoisotopic (exact) mass is 324 g/mol. The Hall–Kier alpha value is -2.36. The van der Waals surface area contributed by atoms with Crippen molar-refractivity contribution in [3.05, 3.63) is 48.0 Å². The number of rotatable bonds is 4. The van der Waals surface area contributed by atoms with Crippen molar-refractivity contribution in [2.75, 3.05) is 6.54 Å². The van der Waals surface area contributed by atoms with Crippen molar-refractivity contribution in [3.63, 3.8) is 0 Å². The highest BCUT2D eigenvalue weighted by Crippen LogP contribution is 2.23. The van der Waals surface area contributed by atoms with E-state index in [1.165, 1.54) is 12.8 Å². The fourth-order valence-corrected chi connectivity index (χ4v) is 3.38. The van der Waals surface area contributed by atoms with E-state index in [-0.39, 0.29) is 24.4 Å². The molecule has 2 aromatic rings. The average molecular weight is 324 g/mol. The Morgan fingerprint density at radius 3 is 2.58 bits per heavy atom. The molecule has 1 fully saturated rings. The van der Waals surface area contributed by atoms with E-state index in [4.69, 9.17) is 0 Å². The van der Waals surface area contributed by atoms with Gasteiger partial charge >= 0.3 is 0 Å². The van der Waals surface area contributed by atoms with Crippen LogP contribution in [0.4, 0.5) is 0 Å². The van der Waals surface area contributed by atoms with Crippen LogP contribution >= 0.6 is 0 Å². The third kappa shape index (κ3) is 3.94. The molecule has 1 aliphatic rings. The van der Waals surface area contributed by atoms with Crippen molar-refractivity contribution in [2.24, 2.45) is 5.92 Å². The predicted molar refractivity (Wildman–Crippen MR) is 95.8 cm³/mol. The van der Waals surface area contributed by atoms with Crippen LogP contribution in [0.25, 0.3) is 10.8 Å². The van der Waals surface area contributed by atoms with Crippen LogP contribution in [0.15, 0.2) is 42.5 Å². The molecular weight excluding hydrogens is 300 g/mol. The Morgan fingerprint density at radius 1 is 1.04 bits per heavy atom. The molecule has 0 bridgehead atoms. The Kier molecular flexibility index (Phi) is 5.14. The van der Waals surface area contributed by atoms with E-state index in [1.807, 2.05) is 36.4 Å². The quantitative estimate of drug-likeness (QED) is 0.907. The molecule has 3 rings (SSSR count). The highest BCUT2D eigenvalue weighted by molar-refractivity contribution is 6.00. The van der Waals surface area contributed by atoms with Gasteiger partial charge < -0.3 is 10.6 Å². The van der Waals surface area contributed by atoms with Gasteiger partial charge in [0.15, 0.2) is 0 Å². The Labute approximate surface area is 142 Å². The largest absolute Gasteiger partial charge is 0.352 e. The van der Waals surface area contributed by atoms with E-state index < -0.39 is 0 Å². The molecular formula is C20H24N2O2. The van der Waals surface area contributed by atoms with Gasteiger partial charge in [0.25, 0.3) is 5.91 Å². The van der Waals surface area contributed by atoms with Crippen LogP contribution < -0.4 is 10.6 Å². The van der Waals surface area contributed by atoms with Crippen molar-refractivity contribution in [1.29, 1.82) is 0 Å². The highest BCUT2D eigenvalue weighted by Gasteiger charge is 2.22. The lowest BCUT2D eigenvalue weighted by Gasteiger charge is -2.29. The Bertz CT molecular complexity index is 741. The number of benzene rings is 2. The molecule has 0 aromatic heterocycles. The van der Waals surface area contributed by atoms with Gasteiger partial charge in [0.1, 0.15) is 0 Å². The van der Waals surface area contributed by atoms with Gasteiger partial charge in [-0.2, -0.15) is 0 Å². The zero-order chi connectivity index (χ0) is 16.9. The van der Waals surface area contributed by atoms with Crippen LogP contribution in [0.5, 0.6) is 0 Å². The smallest absolute Gasteiger partial charge is 0.251 e. The first-order valence-corrected chi connectivity index (χ1v) is 8.70. The van der Waals surface area contributed by atoms with E-state index in [2.05, 4.69) is 17.6 Å². The maximum atomic E-state index is 12.3. The molecule has 0 spiro atoms. The number of amides is 2. The summed E-state index contributed by atoms with van der Waals surface area (Å²) in [5.41, 5.74) is 0.576. The molecule has 1 saturated carbocycles. The van der Waals surface area contributed by atoms with Crippen LogP contribution in [0.2, 0.25) is 0 Å². The minimum absolute atomic E-state index is 0.0227. The van der Waals surface area contributed by atoms with Gasteiger partial charge in [-0.25, -0.2) is 0 Å². The Morgan fingerprint density at radius 2 is 1.79 bits per heavy atom. The SMILES string of the molecule is C[C@@H]1CCCC[C@H]1NC(=O)CNC(=O)c1ccc2ccccc2c1. The van der Waals surface area contributed by atoms with E-state index in [0.717, 1.165) is 23.6 Å². The topological polar surface area (TPSA) is 58.2 Å². The minimum Gasteiger partial charge on any atom is -0.352 e. The van der Waals surface area contributed by atoms with Gasteiger partial charge in [0.2, 0.25) is 5.91 Å². The van der Waals surface area contributed by atoms with E-state index >= 15 is 0 Å². The molecule has 0 heterocycles. The zero-order valence-corrected chi connectivity index (χ0v) is 14.0. The molecule has 0 saturated heterocycles. The highest BCUT2D eigenvalue weighted by atomic mass is 16.2. The first kappa shape index (κ1) is 16.5. The summed E-state index contributed by atoms with van der Waals surface area (Å²) in [6.45, 7) is 2.20. The van der Waals surface area contributed by atoms with Crippen molar-refractivity contribution in [2.45, 2.75) is 38.6 Å². The molecule has 4 nitrogen and oxygen atoms in total. The molecule has 1 aliphatic carbocycles. The van der Waals surface area contributed by atoms with Gasteiger partial charge in [-0.1, -0.05) is 50.1 Å². The lowest BCUT2D eigenvalue weighted by Crippen LogP contribution is -2.45. The standard InChI is InChI=1S/C20H24N2O2/c1-14-6-2-5-9-18(14)22-19(23)13-21-20(24)17-11-10-15-7-3-4-8-16(15)12-17/h3-4,7-8,10-12,14,18H,2,5-6,9,13H2,1H3,(H,21,24)(H,22,23)/t14-,18-/m1/s1. The molecule has 126 valence electrons. The average Bonchev–Trinajstić information content (AvgIpc) is 2.61. The van der Waals surface area contributed by atoms with Crippen LogP contribution in [0.1, 0.15) is 43.0 Å². The first-order valence-electron chi connectivity index (χ1n) is 8.70. The summed E-state index contributed by atoms with van der Waals surface area (Å²) in [6.07, 6.45) is 4.60.